The molecule has 0 aliphatic heterocycles. The lowest BCUT2D eigenvalue weighted by atomic mass is 10.1. The van der Waals surface area contributed by atoms with Crippen LogP contribution in [0.1, 0.15) is 30.5 Å². The second kappa shape index (κ2) is 8.39. The second-order valence-electron chi connectivity index (χ2n) is 8.25. The van der Waals surface area contributed by atoms with Gasteiger partial charge in [-0.3, -0.25) is 4.68 Å². The quantitative estimate of drug-likeness (QED) is 0.489. The average Bonchev–Trinajstić information content (AvgIpc) is 3.08. The minimum Gasteiger partial charge on any atom is -0.389 e. The Balaban J connectivity index is 2.07. The van der Waals surface area contributed by atoms with E-state index in [1.165, 1.54) is 30.1 Å². The summed E-state index contributed by atoms with van der Waals surface area (Å²) in [6.07, 6.45) is -1.53. The highest BCUT2D eigenvalue weighted by molar-refractivity contribution is 7.89. The first-order chi connectivity index (χ1) is 15.1. The van der Waals surface area contributed by atoms with Crippen molar-refractivity contribution < 1.29 is 26.7 Å². The Bertz CT molecular complexity index is 1300. The zero-order valence-electron chi connectivity index (χ0n) is 18.3. The molecule has 0 aliphatic carbocycles. The highest BCUT2D eigenvalue weighted by Gasteiger charge is 2.36. The highest BCUT2D eigenvalue weighted by Crippen LogP contribution is 2.36. The van der Waals surface area contributed by atoms with Gasteiger partial charge in [0.25, 0.3) is 0 Å². The largest absolute Gasteiger partial charge is 0.419 e. The number of hydrogen-bond donors (Lipinski definition) is 3. The zero-order valence-corrected chi connectivity index (χ0v) is 19.1. The Morgan fingerprint density at radius 1 is 1.18 bits per heavy atom. The molecule has 3 aromatic rings. The summed E-state index contributed by atoms with van der Waals surface area (Å²) in [5.74, 6) is -0.180. The molecule has 9 nitrogen and oxygen atoms in total. The first-order valence-corrected chi connectivity index (χ1v) is 11.2. The standard InChI is InChI=1S/C20H23F3N6O3S/c1-11-5-6-15(12(2)17(11)33(24,31)32)27-18-25-8-14(20(21,22)23)16(28-18)13-7-26-29(9-13)10-19(3,4)30/h5-9,30H,10H2,1-4H3,(H2,24,31,32)(H,25,27,28). The van der Waals surface area contributed by atoms with Crippen molar-refractivity contribution in [2.24, 2.45) is 5.14 Å². The van der Waals surface area contributed by atoms with Gasteiger partial charge in [-0.15, -0.1) is 0 Å². The topological polar surface area (TPSA) is 136 Å². The Labute approximate surface area is 188 Å². The number of nitrogens with zero attached hydrogens (tertiary/aromatic N) is 4. The van der Waals surface area contributed by atoms with Crippen LogP contribution in [0.25, 0.3) is 11.3 Å². The van der Waals surface area contributed by atoms with Gasteiger partial charge in [0.05, 0.1) is 28.9 Å². The zero-order chi connectivity index (χ0) is 24.8. The predicted molar refractivity (Wildman–Crippen MR) is 115 cm³/mol. The summed E-state index contributed by atoms with van der Waals surface area (Å²) < 4.78 is 66.0. The molecule has 0 fully saturated rings. The smallest absolute Gasteiger partial charge is 0.389 e. The molecule has 0 spiro atoms. The maximum absolute atomic E-state index is 13.6. The van der Waals surface area contributed by atoms with Gasteiger partial charge in [-0.2, -0.15) is 18.3 Å². The Morgan fingerprint density at radius 3 is 2.42 bits per heavy atom. The molecule has 13 heteroatoms. The van der Waals surface area contributed by atoms with Gasteiger partial charge in [-0.25, -0.2) is 23.5 Å². The van der Waals surface area contributed by atoms with Crippen molar-refractivity contribution in [2.75, 3.05) is 5.32 Å². The third-order valence-electron chi connectivity index (χ3n) is 4.68. The van der Waals surface area contributed by atoms with Crippen LogP contribution in [0.15, 0.2) is 35.6 Å². The maximum atomic E-state index is 13.6. The van der Waals surface area contributed by atoms with E-state index < -0.39 is 33.1 Å². The SMILES string of the molecule is Cc1ccc(Nc2ncc(C(F)(F)F)c(-c3cnn(CC(C)(C)O)c3)n2)c(C)c1S(N)(=O)=O. The minimum absolute atomic E-state index is 0.0590. The average molecular weight is 485 g/mol. The summed E-state index contributed by atoms with van der Waals surface area (Å²) in [5, 5.41) is 22.0. The van der Waals surface area contributed by atoms with E-state index in [4.69, 9.17) is 5.14 Å². The van der Waals surface area contributed by atoms with E-state index in [0.29, 0.717) is 11.8 Å². The molecule has 4 N–H and O–H groups in total. The van der Waals surface area contributed by atoms with Crippen molar-refractivity contribution >= 4 is 21.7 Å². The Morgan fingerprint density at radius 2 is 1.85 bits per heavy atom. The lowest BCUT2D eigenvalue weighted by Gasteiger charge is -2.16. The molecule has 0 saturated heterocycles. The molecule has 0 atom stereocenters. The molecule has 0 aliphatic rings. The van der Waals surface area contributed by atoms with Crippen molar-refractivity contribution in [1.82, 2.24) is 19.7 Å². The van der Waals surface area contributed by atoms with E-state index in [0.717, 1.165) is 0 Å². The number of nitrogens with one attached hydrogen (secondary N) is 1. The second-order valence-corrected chi connectivity index (χ2v) is 9.75. The number of halogens is 3. The summed E-state index contributed by atoms with van der Waals surface area (Å²) in [6.45, 7) is 6.24. The van der Waals surface area contributed by atoms with Gasteiger partial charge in [-0.05, 0) is 44.9 Å². The van der Waals surface area contributed by atoms with Gasteiger partial charge in [0.2, 0.25) is 16.0 Å². The number of nitrogens with two attached hydrogens (primary N) is 1. The molecular formula is C20H23F3N6O3S. The number of aromatic nitrogens is 4. The van der Waals surface area contributed by atoms with Crippen molar-refractivity contribution in [3.05, 3.63) is 47.4 Å². The van der Waals surface area contributed by atoms with Gasteiger partial charge in [0, 0.05) is 23.6 Å². The molecule has 0 amide bonds. The summed E-state index contributed by atoms with van der Waals surface area (Å²) in [7, 11) is -4.03. The molecule has 0 bridgehead atoms. The van der Waals surface area contributed by atoms with Crippen LogP contribution in [0.3, 0.4) is 0 Å². The number of benzene rings is 1. The lowest BCUT2D eigenvalue weighted by Crippen LogP contribution is -2.26. The molecule has 0 saturated carbocycles. The van der Waals surface area contributed by atoms with Crippen LogP contribution in [0.2, 0.25) is 0 Å². The normalized spacial score (nSPS) is 12.8. The minimum atomic E-state index is -4.73. The number of aryl methyl sites for hydroxylation is 1. The van der Waals surface area contributed by atoms with Gasteiger partial charge in [0.15, 0.2) is 0 Å². The molecule has 1 aromatic carbocycles. The van der Waals surface area contributed by atoms with E-state index in [-0.39, 0.29) is 34.2 Å². The van der Waals surface area contributed by atoms with Gasteiger partial charge in [0.1, 0.15) is 5.56 Å². The molecule has 2 heterocycles. The van der Waals surface area contributed by atoms with Crippen LogP contribution in [0.4, 0.5) is 24.8 Å². The van der Waals surface area contributed by atoms with Gasteiger partial charge in [-0.1, -0.05) is 6.07 Å². The number of primary sulfonamides is 1. The van der Waals surface area contributed by atoms with Gasteiger partial charge < -0.3 is 10.4 Å². The van der Waals surface area contributed by atoms with Crippen LogP contribution in [0.5, 0.6) is 0 Å². The molecule has 3 rings (SSSR count). The molecule has 0 radical (unpaired) electrons. The van der Waals surface area contributed by atoms with Crippen LogP contribution >= 0.6 is 0 Å². The van der Waals surface area contributed by atoms with E-state index >= 15 is 0 Å². The first kappa shape index (κ1) is 24.6. The molecule has 33 heavy (non-hydrogen) atoms. The third kappa shape index (κ3) is 5.67. The number of hydrogen-bond acceptors (Lipinski definition) is 7. The van der Waals surface area contributed by atoms with Crippen molar-refractivity contribution in [2.45, 2.75) is 50.9 Å². The van der Waals surface area contributed by atoms with Crippen LogP contribution in [-0.2, 0) is 22.7 Å². The van der Waals surface area contributed by atoms with Gasteiger partial charge >= 0.3 is 6.18 Å². The Kier molecular flexibility index (Phi) is 6.26. The number of sulfonamides is 1. The summed E-state index contributed by atoms with van der Waals surface area (Å²) in [6, 6.07) is 3.07. The Hall–Kier alpha value is -3.03. The fourth-order valence-electron chi connectivity index (χ4n) is 3.36. The van der Waals surface area contributed by atoms with E-state index in [1.807, 2.05) is 0 Å². The molecule has 178 valence electrons. The lowest BCUT2D eigenvalue weighted by molar-refractivity contribution is -0.137. The number of anilines is 2. The van der Waals surface area contributed by atoms with Crippen LogP contribution in [-0.4, -0.2) is 38.9 Å². The van der Waals surface area contributed by atoms with Crippen molar-refractivity contribution in [3.8, 4) is 11.3 Å². The summed E-state index contributed by atoms with van der Waals surface area (Å²) in [5.41, 5.74) is -1.57. The number of rotatable bonds is 6. The number of alkyl halides is 3. The molecule has 0 unspecified atom stereocenters. The molecule has 2 aromatic heterocycles. The fraction of sp³-hybridized carbons (Fsp3) is 0.350. The van der Waals surface area contributed by atoms with E-state index in [9.17, 15) is 26.7 Å². The van der Waals surface area contributed by atoms with E-state index in [2.05, 4.69) is 20.4 Å². The fourth-order valence-corrected chi connectivity index (χ4v) is 4.41. The van der Waals surface area contributed by atoms with Crippen molar-refractivity contribution in [3.63, 3.8) is 0 Å². The molecular weight excluding hydrogens is 461 g/mol. The van der Waals surface area contributed by atoms with E-state index in [1.54, 1.807) is 26.8 Å². The first-order valence-electron chi connectivity index (χ1n) is 9.66. The van der Waals surface area contributed by atoms with Crippen LogP contribution in [0, 0.1) is 13.8 Å². The summed E-state index contributed by atoms with van der Waals surface area (Å²) in [4.78, 5) is 7.70. The predicted octanol–water partition coefficient (Wildman–Crippen LogP) is 3.14. The monoisotopic (exact) mass is 484 g/mol. The summed E-state index contributed by atoms with van der Waals surface area (Å²) >= 11 is 0. The van der Waals surface area contributed by atoms with Crippen molar-refractivity contribution in [1.29, 1.82) is 0 Å². The number of aliphatic hydroxyl groups is 1. The van der Waals surface area contributed by atoms with Crippen LogP contribution < -0.4 is 10.5 Å². The maximum Gasteiger partial charge on any atom is 0.419 e. The third-order valence-corrected chi connectivity index (χ3v) is 5.88. The highest BCUT2D eigenvalue weighted by atomic mass is 32.2.